The molecule has 2 aromatic rings. The van der Waals surface area contributed by atoms with Gasteiger partial charge in [-0.25, -0.2) is 24.2 Å². The number of halogens is 2. The number of alkyl halides is 2. The van der Waals surface area contributed by atoms with E-state index in [1.165, 1.54) is 17.9 Å². The number of rotatable bonds is 3. The van der Waals surface area contributed by atoms with E-state index in [0.29, 0.717) is 5.82 Å². The molecule has 0 aliphatic heterocycles. The van der Waals surface area contributed by atoms with Crippen LogP contribution in [0.1, 0.15) is 47.4 Å². The fraction of sp³-hybridized carbons (Fsp3) is 0.353. The molecule has 7 heteroatoms. The molecule has 5 nitrogen and oxygen atoms in total. The van der Waals surface area contributed by atoms with Crippen molar-refractivity contribution in [2.24, 2.45) is 0 Å². The maximum Gasteiger partial charge on any atom is 0.277 e. The van der Waals surface area contributed by atoms with E-state index < -0.39 is 17.2 Å². The van der Waals surface area contributed by atoms with Crippen molar-refractivity contribution in [2.75, 3.05) is 0 Å². The summed E-state index contributed by atoms with van der Waals surface area (Å²) < 4.78 is 27.3. The van der Waals surface area contributed by atoms with Crippen molar-refractivity contribution < 1.29 is 18.8 Å². The third kappa shape index (κ3) is 2.99. The molecule has 1 aromatic heterocycles. The summed E-state index contributed by atoms with van der Waals surface area (Å²) in [5, 5.41) is 8.65. The van der Waals surface area contributed by atoms with Gasteiger partial charge in [0.1, 0.15) is 5.82 Å². The van der Waals surface area contributed by atoms with Crippen LogP contribution in [0.25, 0.3) is 0 Å². The SMILES string of the molecule is O=C(NO)c1cnc(C2(c3ccccc3)CCC(F)(F)CC2)nc1. The van der Waals surface area contributed by atoms with E-state index >= 15 is 0 Å². The van der Waals surface area contributed by atoms with E-state index in [-0.39, 0.29) is 31.2 Å². The van der Waals surface area contributed by atoms with Crippen LogP contribution in [0.2, 0.25) is 0 Å². The van der Waals surface area contributed by atoms with Crippen LogP contribution in [0.3, 0.4) is 0 Å². The highest BCUT2D eigenvalue weighted by molar-refractivity contribution is 5.92. The van der Waals surface area contributed by atoms with Crippen molar-refractivity contribution in [3.8, 4) is 0 Å². The Labute approximate surface area is 137 Å². The minimum Gasteiger partial charge on any atom is -0.288 e. The molecule has 1 fully saturated rings. The summed E-state index contributed by atoms with van der Waals surface area (Å²) in [5.74, 6) is -2.97. The van der Waals surface area contributed by atoms with E-state index in [0.717, 1.165) is 5.56 Å². The maximum atomic E-state index is 13.7. The third-order valence-corrected chi connectivity index (χ3v) is 4.61. The normalized spacial score (nSPS) is 18.8. The Morgan fingerprint density at radius 3 is 2.17 bits per heavy atom. The Morgan fingerprint density at radius 1 is 1.04 bits per heavy atom. The first-order valence-electron chi connectivity index (χ1n) is 7.67. The summed E-state index contributed by atoms with van der Waals surface area (Å²) in [4.78, 5) is 19.9. The summed E-state index contributed by atoms with van der Waals surface area (Å²) in [6.07, 6.45) is 2.59. The number of benzene rings is 1. The van der Waals surface area contributed by atoms with Gasteiger partial charge in [0.25, 0.3) is 5.91 Å². The van der Waals surface area contributed by atoms with Crippen LogP contribution in [0.15, 0.2) is 42.7 Å². The molecule has 0 radical (unpaired) electrons. The number of carbonyl (C=O) groups excluding carboxylic acids is 1. The Kier molecular flexibility index (Phi) is 4.28. The molecule has 0 atom stereocenters. The number of nitrogens with zero attached hydrogens (tertiary/aromatic N) is 2. The van der Waals surface area contributed by atoms with Crippen LogP contribution in [0.5, 0.6) is 0 Å². The zero-order chi connectivity index (χ0) is 17.2. The lowest BCUT2D eigenvalue weighted by atomic mass is 9.67. The fourth-order valence-corrected chi connectivity index (χ4v) is 3.20. The number of amides is 1. The number of hydrogen-bond acceptors (Lipinski definition) is 4. The van der Waals surface area contributed by atoms with Crippen LogP contribution < -0.4 is 5.48 Å². The van der Waals surface area contributed by atoms with Gasteiger partial charge in [-0.05, 0) is 18.4 Å². The first-order valence-corrected chi connectivity index (χ1v) is 7.67. The molecule has 3 rings (SSSR count). The van der Waals surface area contributed by atoms with Gasteiger partial charge in [-0.15, -0.1) is 0 Å². The number of hydrogen-bond donors (Lipinski definition) is 2. The van der Waals surface area contributed by atoms with Gasteiger partial charge in [-0.1, -0.05) is 30.3 Å². The standard InChI is InChI=1S/C17H17F2N3O2/c18-17(19)8-6-16(7-9-17,13-4-2-1-3-5-13)15-20-10-12(11-21-15)14(23)22-24/h1-5,10-11,24H,6-9H2,(H,22,23). The molecule has 0 spiro atoms. The zero-order valence-corrected chi connectivity index (χ0v) is 12.9. The van der Waals surface area contributed by atoms with E-state index in [2.05, 4.69) is 9.97 Å². The quantitative estimate of drug-likeness (QED) is 0.668. The lowest BCUT2D eigenvalue weighted by molar-refractivity contribution is -0.0479. The fourth-order valence-electron chi connectivity index (χ4n) is 3.20. The van der Waals surface area contributed by atoms with Crippen molar-refractivity contribution in [2.45, 2.75) is 37.0 Å². The molecule has 126 valence electrons. The molecule has 0 unspecified atom stereocenters. The van der Waals surface area contributed by atoms with Gasteiger partial charge < -0.3 is 0 Å². The van der Waals surface area contributed by atoms with Crippen LogP contribution in [0, 0.1) is 0 Å². The lowest BCUT2D eigenvalue weighted by Crippen LogP contribution is -2.39. The predicted octanol–water partition coefficient (Wildman–Crippen LogP) is 3.09. The van der Waals surface area contributed by atoms with Crippen LogP contribution in [0.4, 0.5) is 8.78 Å². The number of aromatic nitrogens is 2. The first-order chi connectivity index (χ1) is 11.5. The molecule has 1 saturated carbocycles. The van der Waals surface area contributed by atoms with Gasteiger partial charge in [0, 0.05) is 25.2 Å². The van der Waals surface area contributed by atoms with Crippen molar-refractivity contribution >= 4 is 5.91 Å². The summed E-state index contributed by atoms with van der Waals surface area (Å²) in [7, 11) is 0. The van der Waals surface area contributed by atoms with Crippen LogP contribution in [-0.2, 0) is 5.41 Å². The highest BCUT2D eigenvalue weighted by atomic mass is 19.3. The van der Waals surface area contributed by atoms with E-state index in [4.69, 9.17) is 5.21 Å². The Balaban J connectivity index is 2.01. The monoisotopic (exact) mass is 333 g/mol. The molecule has 1 aliphatic carbocycles. The second-order valence-corrected chi connectivity index (χ2v) is 6.04. The zero-order valence-electron chi connectivity index (χ0n) is 12.9. The van der Waals surface area contributed by atoms with Gasteiger partial charge in [-0.3, -0.25) is 10.0 Å². The van der Waals surface area contributed by atoms with Crippen LogP contribution in [-0.4, -0.2) is 27.0 Å². The average Bonchev–Trinajstić information content (AvgIpc) is 2.62. The number of nitrogens with one attached hydrogen (secondary N) is 1. The molecule has 24 heavy (non-hydrogen) atoms. The Bertz CT molecular complexity index is 710. The topological polar surface area (TPSA) is 75.1 Å². The van der Waals surface area contributed by atoms with Crippen molar-refractivity contribution in [3.63, 3.8) is 0 Å². The van der Waals surface area contributed by atoms with Gasteiger partial charge in [0.05, 0.1) is 11.0 Å². The molecular weight excluding hydrogens is 316 g/mol. The van der Waals surface area contributed by atoms with Crippen molar-refractivity contribution in [1.29, 1.82) is 0 Å². The maximum absolute atomic E-state index is 13.7. The molecule has 1 aromatic carbocycles. The molecular formula is C17H17F2N3O2. The average molecular weight is 333 g/mol. The van der Waals surface area contributed by atoms with Crippen molar-refractivity contribution in [3.05, 3.63) is 59.7 Å². The van der Waals surface area contributed by atoms with Crippen molar-refractivity contribution in [1.82, 2.24) is 15.4 Å². The minimum absolute atomic E-state index is 0.102. The summed E-state index contributed by atoms with van der Waals surface area (Å²) in [6.45, 7) is 0. The molecule has 1 aliphatic rings. The van der Waals surface area contributed by atoms with E-state index in [9.17, 15) is 13.6 Å². The minimum atomic E-state index is -2.67. The summed E-state index contributed by atoms with van der Waals surface area (Å²) >= 11 is 0. The highest BCUT2D eigenvalue weighted by Crippen LogP contribution is 2.48. The molecule has 1 heterocycles. The molecule has 1 amide bonds. The largest absolute Gasteiger partial charge is 0.288 e. The smallest absolute Gasteiger partial charge is 0.277 e. The van der Waals surface area contributed by atoms with Gasteiger partial charge >= 0.3 is 0 Å². The third-order valence-electron chi connectivity index (χ3n) is 4.61. The van der Waals surface area contributed by atoms with Crippen LogP contribution >= 0.6 is 0 Å². The summed E-state index contributed by atoms with van der Waals surface area (Å²) in [6, 6.07) is 9.36. The van der Waals surface area contributed by atoms with E-state index in [1.807, 2.05) is 30.3 Å². The first kappa shape index (κ1) is 16.4. The van der Waals surface area contributed by atoms with Gasteiger partial charge in [0.15, 0.2) is 0 Å². The molecule has 0 saturated heterocycles. The van der Waals surface area contributed by atoms with E-state index in [1.54, 1.807) is 0 Å². The Hall–Kier alpha value is -2.41. The second-order valence-electron chi connectivity index (χ2n) is 6.04. The summed E-state index contributed by atoms with van der Waals surface area (Å²) in [5.41, 5.74) is 1.81. The Morgan fingerprint density at radius 2 is 1.62 bits per heavy atom. The second kappa shape index (κ2) is 6.24. The molecule has 0 bridgehead atoms. The molecule has 2 N–H and O–H groups in total. The van der Waals surface area contributed by atoms with Gasteiger partial charge in [-0.2, -0.15) is 0 Å². The highest BCUT2D eigenvalue weighted by Gasteiger charge is 2.46. The predicted molar refractivity (Wildman–Crippen MR) is 81.9 cm³/mol. The lowest BCUT2D eigenvalue weighted by Gasteiger charge is -2.39. The number of carbonyl (C=O) groups is 1. The number of hydroxylamine groups is 1. The van der Waals surface area contributed by atoms with Gasteiger partial charge in [0.2, 0.25) is 5.92 Å².